The zero-order valence-corrected chi connectivity index (χ0v) is 13.0. The van der Waals surface area contributed by atoms with Crippen molar-refractivity contribution < 1.29 is 21.6 Å². The van der Waals surface area contributed by atoms with Crippen LogP contribution in [0.1, 0.15) is 0 Å². The summed E-state index contributed by atoms with van der Waals surface area (Å²) in [6, 6.07) is 2.82. The summed E-state index contributed by atoms with van der Waals surface area (Å²) in [5, 5.41) is 0. The van der Waals surface area contributed by atoms with Crippen LogP contribution in [0, 0.1) is 0 Å². The van der Waals surface area contributed by atoms with Gasteiger partial charge in [-0.3, -0.25) is 4.72 Å². The minimum atomic E-state index is -4.63. The minimum absolute atomic E-state index is 0.0453. The van der Waals surface area contributed by atoms with Gasteiger partial charge in [-0.25, -0.2) is 0 Å². The van der Waals surface area contributed by atoms with Crippen LogP contribution in [0.25, 0.3) is 0 Å². The lowest BCUT2D eigenvalue weighted by Crippen LogP contribution is -2.37. The highest BCUT2D eigenvalue weighted by Crippen LogP contribution is 2.33. The van der Waals surface area contributed by atoms with Crippen LogP contribution >= 0.6 is 31.9 Å². The third kappa shape index (κ3) is 5.55. The van der Waals surface area contributed by atoms with E-state index in [1.807, 2.05) is 4.72 Å². The molecule has 0 spiro atoms. The first kappa shape index (κ1) is 16.5. The number of hydrogen-bond acceptors (Lipinski definition) is 3. The van der Waals surface area contributed by atoms with Crippen LogP contribution in [0.4, 0.5) is 24.5 Å². The minimum Gasteiger partial charge on any atom is -0.399 e. The largest absolute Gasteiger partial charge is 0.402 e. The van der Waals surface area contributed by atoms with Crippen molar-refractivity contribution in [3.05, 3.63) is 21.1 Å². The number of alkyl halides is 3. The molecule has 0 amide bonds. The van der Waals surface area contributed by atoms with E-state index in [9.17, 15) is 21.6 Å². The Morgan fingerprint density at radius 3 is 2.11 bits per heavy atom. The quantitative estimate of drug-likeness (QED) is 0.647. The summed E-state index contributed by atoms with van der Waals surface area (Å²) in [5.74, 6) is 0. The molecule has 0 aliphatic heterocycles. The third-order valence-electron chi connectivity index (χ3n) is 1.76. The van der Waals surface area contributed by atoms with Gasteiger partial charge in [-0.1, -0.05) is 0 Å². The van der Waals surface area contributed by atoms with E-state index in [0.717, 1.165) is 0 Å². The summed E-state index contributed by atoms with van der Waals surface area (Å²) in [6.45, 7) is -1.66. The smallest absolute Gasteiger partial charge is 0.399 e. The Morgan fingerprint density at radius 2 is 1.68 bits per heavy atom. The van der Waals surface area contributed by atoms with Gasteiger partial charge in [0.15, 0.2) is 0 Å². The molecular weight excluding hydrogens is 419 g/mol. The van der Waals surface area contributed by atoms with Crippen molar-refractivity contribution in [2.24, 2.45) is 0 Å². The molecule has 0 radical (unpaired) electrons. The van der Waals surface area contributed by atoms with E-state index in [1.54, 1.807) is 0 Å². The van der Waals surface area contributed by atoms with Gasteiger partial charge in [0.1, 0.15) is 6.54 Å². The highest BCUT2D eigenvalue weighted by atomic mass is 79.9. The van der Waals surface area contributed by atoms with Crippen molar-refractivity contribution in [2.45, 2.75) is 6.18 Å². The van der Waals surface area contributed by atoms with Gasteiger partial charge < -0.3 is 5.73 Å². The summed E-state index contributed by atoms with van der Waals surface area (Å²) in [5.41, 5.74) is 5.90. The lowest BCUT2D eigenvalue weighted by atomic mass is 10.3. The van der Waals surface area contributed by atoms with Crippen LogP contribution in [0.2, 0.25) is 0 Å². The Labute approximate surface area is 124 Å². The molecule has 0 atom stereocenters. The Hall–Kier alpha value is -0.520. The number of nitrogens with two attached hydrogens (primary N) is 1. The average molecular weight is 427 g/mol. The summed E-state index contributed by atoms with van der Waals surface area (Å²) in [7, 11) is -4.35. The maximum Gasteiger partial charge on any atom is 0.402 e. The second kappa shape index (κ2) is 5.85. The first-order valence-corrected chi connectivity index (χ1v) is 7.66. The van der Waals surface area contributed by atoms with Crippen LogP contribution in [0.15, 0.2) is 21.1 Å². The van der Waals surface area contributed by atoms with E-state index in [-0.39, 0.29) is 14.6 Å². The van der Waals surface area contributed by atoms with Crippen LogP contribution in [0.5, 0.6) is 0 Å². The maximum absolute atomic E-state index is 11.9. The zero-order chi connectivity index (χ0) is 14.8. The van der Waals surface area contributed by atoms with Gasteiger partial charge in [-0.15, -0.1) is 0 Å². The molecule has 1 rings (SSSR count). The summed E-state index contributed by atoms with van der Waals surface area (Å²) >= 11 is 6.11. The number of nitrogens with one attached hydrogen (secondary N) is 2. The second-order valence-electron chi connectivity index (χ2n) is 3.40. The third-order valence-corrected chi connectivity index (χ3v) is 4.01. The fraction of sp³-hybridized carbons (Fsp3) is 0.250. The van der Waals surface area contributed by atoms with Gasteiger partial charge >= 0.3 is 6.18 Å². The zero-order valence-electron chi connectivity index (χ0n) is 9.05. The molecule has 1 aromatic rings. The van der Waals surface area contributed by atoms with Gasteiger partial charge in [-0.05, 0) is 44.0 Å². The van der Waals surface area contributed by atoms with Gasteiger partial charge in [0.05, 0.1) is 5.69 Å². The summed E-state index contributed by atoms with van der Waals surface area (Å²) in [4.78, 5) is 0. The van der Waals surface area contributed by atoms with Gasteiger partial charge in [-0.2, -0.15) is 26.3 Å². The van der Waals surface area contributed by atoms with Crippen LogP contribution < -0.4 is 15.2 Å². The monoisotopic (exact) mass is 425 g/mol. The molecule has 11 heteroatoms. The Bertz CT molecular complexity index is 554. The van der Waals surface area contributed by atoms with Crippen molar-refractivity contribution in [2.75, 3.05) is 17.0 Å². The fourth-order valence-electron chi connectivity index (χ4n) is 1.04. The van der Waals surface area contributed by atoms with Crippen molar-refractivity contribution in [1.29, 1.82) is 0 Å². The molecule has 0 aliphatic rings. The highest BCUT2D eigenvalue weighted by molar-refractivity contribution is 9.11. The highest BCUT2D eigenvalue weighted by Gasteiger charge is 2.29. The molecule has 0 bridgehead atoms. The fourth-order valence-corrected chi connectivity index (χ4v) is 3.63. The predicted molar refractivity (Wildman–Crippen MR) is 72.9 cm³/mol. The van der Waals surface area contributed by atoms with Gasteiger partial charge in [0.2, 0.25) is 0 Å². The number of benzene rings is 1. The van der Waals surface area contributed by atoms with Gasteiger partial charge in [0, 0.05) is 14.6 Å². The Morgan fingerprint density at radius 1 is 1.21 bits per heavy atom. The van der Waals surface area contributed by atoms with Crippen molar-refractivity contribution in [1.82, 2.24) is 4.72 Å². The van der Waals surface area contributed by atoms with Gasteiger partial charge in [0.25, 0.3) is 10.2 Å². The molecule has 0 saturated heterocycles. The van der Waals surface area contributed by atoms with Crippen LogP contribution in [-0.4, -0.2) is 21.1 Å². The molecule has 4 N–H and O–H groups in total. The van der Waals surface area contributed by atoms with E-state index >= 15 is 0 Å². The van der Waals surface area contributed by atoms with Crippen molar-refractivity contribution in [3.8, 4) is 0 Å². The standard InChI is InChI=1S/C8H8Br2F3N3O2S/c9-5-1-4(14)2-6(10)7(5)16-19(17,18)15-3-8(11,12)13/h1-2,15-16H,3,14H2. The number of rotatable bonds is 4. The summed E-state index contributed by atoms with van der Waals surface area (Å²) in [6.07, 6.45) is -4.63. The van der Waals surface area contributed by atoms with E-state index in [0.29, 0.717) is 5.69 Å². The number of hydrogen-bond donors (Lipinski definition) is 3. The maximum atomic E-state index is 11.9. The van der Waals surface area contributed by atoms with E-state index < -0.39 is 22.9 Å². The van der Waals surface area contributed by atoms with Crippen LogP contribution in [0.3, 0.4) is 0 Å². The molecule has 19 heavy (non-hydrogen) atoms. The molecule has 1 aromatic carbocycles. The number of halogens is 5. The molecule has 0 unspecified atom stereocenters. The molecule has 108 valence electrons. The Balaban J connectivity index is 2.90. The Kier molecular flexibility index (Phi) is 5.09. The lowest BCUT2D eigenvalue weighted by molar-refractivity contribution is -0.121. The number of anilines is 2. The molecule has 0 saturated carbocycles. The molecule has 0 aromatic heterocycles. The van der Waals surface area contributed by atoms with E-state index in [4.69, 9.17) is 5.73 Å². The molecule has 0 fully saturated rings. The lowest BCUT2D eigenvalue weighted by Gasteiger charge is -2.14. The van der Waals surface area contributed by atoms with E-state index in [2.05, 4.69) is 31.9 Å². The van der Waals surface area contributed by atoms with E-state index in [1.165, 1.54) is 16.9 Å². The SMILES string of the molecule is Nc1cc(Br)c(NS(=O)(=O)NCC(F)(F)F)c(Br)c1. The molecule has 0 heterocycles. The topological polar surface area (TPSA) is 84.2 Å². The first-order valence-electron chi connectivity index (χ1n) is 4.59. The second-order valence-corrected chi connectivity index (χ2v) is 6.61. The predicted octanol–water partition coefficient (Wildman–Crippen LogP) is 2.60. The van der Waals surface area contributed by atoms with Crippen LogP contribution in [-0.2, 0) is 10.2 Å². The average Bonchev–Trinajstić information content (AvgIpc) is 2.20. The molecule has 0 aliphatic carbocycles. The molecule has 5 nitrogen and oxygen atoms in total. The normalized spacial score (nSPS) is 12.5. The van der Waals surface area contributed by atoms with Crippen molar-refractivity contribution in [3.63, 3.8) is 0 Å². The summed E-state index contributed by atoms with van der Waals surface area (Å²) < 4.78 is 62.6. The first-order chi connectivity index (χ1) is 8.50. The number of nitrogen functional groups attached to an aromatic ring is 1. The van der Waals surface area contributed by atoms with Crippen molar-refractivity contribution >= 4 is 53.4 Å². The molecular formula is C8H8Br2F3N3O2S.